The summed E-state index contributed by atoms with van der Waals surface area (Å²) in [5, 5.41) is 28.9. The van der Waals surface area contributed by atoms with Crippen LogP contribution in [-0.2, 0) is 16.1 Å². The zero-order valence-corrected chi connectivity index (χ0v) is 19.4. The molecule has 0 spiro atoms. The number of aromatic nitrogens is 4. The lowest BCUT2D eigenvalue weighted by atomic mass is 9.83. The Morgan fingerprint density at radius 1 is 1.26 bits per heavy atom. The lowest BCUT2D eigenvalue weighted by molar-refractivity contribution is -0.122. The van der Waals surface area contributed by atoms with Gasteiger partial charge in [-0.05, 0) is 50.5 Å². The third kappa shape index (κ3) is 4.86. The summed E-state index contributed by atoms with van der Waals surface area (Å²) in [5.74, 6) is -0.128. The van der Waals surface area contributed by atoms with Crippen molar-refractivity contribution in [3.05, 3.63) is 41.9 Å². The quantitative estimate of drug-likeness (QED) is 0.432. The number of aryl methyl sites for hydroxylation is 1. The Hall–Kier alpha value is -3.15. The molecule has 2 amide bonds. The van der Waals surface area contributed by atoms with Gasteiger partial charge in [0.15, 0.2) is 0 Å². The molecule has 1 aliphatic carbocycles. The number of fused-ring (bicyclic) bond motifs is 2. The third-order valence-corrected chi connectivity index (χ3v) is 7.12. The van der Waals surface area contributed by atoms with Crippen molar-refractivity contribution in [3.8, 4) is 0 Å². The first kappa shape index (κ1) is 22.6. The Morgan fingerprint density at radius 3 is 3.00 bits per heavy atom. The van der Waals surface area contributed by atoms with Crippen LogP contribution in [0.25, 0.3) is 11.0 Å². The van der Waals surface area contributed by atoms with E-state index < -0.39 is 6.10 Å². The van der Waals surface area contributed by atoms with Gasteiger partial charge < -0.3 is 21.1 Å². The minimum atomic E-state index is -0.667. The van der Waals surface area contributed by atoms with Gasteiger partial charge in [0.05, 0.1) is 34.4 Å². The van der Waals surface area contributed by atoms with Gasteiger partial charge >= 0.3 is 0 Å². The van der Waals surface area contributed by atoms with Crippen molar-refractivity contribution in [1.82, 2.24) is 25.5 Å². The molecular formula is C23H25N7O3S. The highest BCUT2D eigenvalue weighted by atomic mass is 32.2. The van der Waals surface area contributed by atoms with Crippen LogP contribution in [0.15, 0.2) is 35.5 Å². The van der Waals surface area contributed by atoms with E-state index in [0.29, 0.717) is 59.2 Å². The van der Waals surface area contributed by atoms with E-state index in [1.807, 2.05) is 19.1 Å². The second kappa shape index (κ2) is 9.61. The smallest absolute Gasteiger partial charge is 0.234 e. The number of pyridine rings is 2. The highest BCUT2D eigenvalue weighted by Gasteiger charge is 2.33. The number of nitrogens with one attached hydrogen (secondary N) is 3. The maximum Gasteiger partial charge on any atom is 0.234 e. The van der Waals surface area contributed by atoms with Gasteiger partial charge in [-0.2, -0.15) is 5.10 Å². The zero-order valence-electron chi connectivity index (χ0n) is 18.6. The van der Waals surface area contributed by atoms with E-state index in [-0.39, 0.29) is 23.8 Å². The van der Waals surface area contributed by atoms with Crippen molar-refractivity contribution in [3.63, 3.8) is 0 Å². The van der Waals surface area contributed by atoms with Crippen LogP contribution in [0, 0.1) is 12.8 Å². The molecule has 0 bridgehead atoms. The fourth-order valence-electron chi connectivity index (χ4n) is 4.34. The van der Waals surface area contributed by atoms with Crippen molar-refractivity contribution in [2.45, 2.75) is 49.9 Å². The highest BCUT2D eigenvalue weighted by molar-refractivity contribution is 8.00. The molecule has 34 heavy (non-hydrogen) atoms. The molecule has 3 aromatic heterocycles. The van der Waals surface area contributed by atoms with Crippen LogP contribution in [-0.4, -0.2) is 55.0 Å². The summed E-state index contributed by atoms with van der Waals surface area (Å²) in [4.78, 5) is 33.4. The number of aliphatic hydroxyl groups is 1. The molecule has 0 radical (unpaired) electrons. The van der Waals surface area contributed by atoms with E-state index in [2.05, 4.69) is 36.1 Å². The molecule has 5 rings (SSSR count). The molecule has 1 saturated carbocycles. The normalized spacial score (nSPS) is 22.2. The summed E-state index contributed by atoms with van der Waals surface area (Å²) < 4.78 is 0. The SMILES string of the molecule is Cc1ccc2nccc(NC(=O)[C@H]3CC[C@H](NCc4cc5c(nn4)SCC(=O)N5)[C@@H](O)C3)c2n1. The first-order valence-corrected chi connectivity index (χ1v) is 12.2. The molecule has 0 aromatic carbocycles. The average Bonchev–Trinajstić information content (AvgIpc) is 2.83. The Morgan fingerprint density at radius 2 is 2.15 bits per heavy atom. The summed E-state index contributed by atoms with van der Waals surface area (Å²) in [7, 11) is 0. The van der Waals surface area contributed by atoms with Crippen LogP contribution in [0.2, 0.25) is 0 Å². The number of aliphatic hydroxyl groups excluding tert-OH is 1. The summed E-state index contributed by atoms with van der Waals surface area (Å²) in [6.45, 7) is 2.31. The number of nitrogens with zero attached hydrogens (tertiary/aromatic N) is 4. The van der Waals surface area contributed by atoms with Crippen molar-refractivity contribution in [2.24, 2.45) is 5.92 Å². The minimum Gasteiger partial charge on any atom is -0.391 e. The van der Waals surface area contributed by atoms with Gasteiger partial charge in [0.2, 0.25) is 11.8 Å². The number of carbonyl (C=O) groups is 2. The minimum absolute atomic E-state index is 0.0536. The predicted octanol–water partition coefficient (Wildman–Crippen LogP) is 2.03. The first-order chi connectivity index (χ1) is 16.5. The summed E-state index contributed by atoms with van der Waals surface area (Å²) >= 11 is 1.37. The van der Waals surface area contributed by atoms with E-state index >= 15 is 0 Å². The molecule has 1 fully saturated rings. The van der Waals surface area contributed by atoms with Crippen molar-refractivity contribution < 1.29 is 14.7 Å². The van der Waals surface area contributed by atoms with E-state index in [4.69, 9.17) is 0 Å². The van der Waals surface area contributed by atoms with Crippen molar-refractivity contribution in [1.29, 1.82) is 0 Å². The lowest BCUT2D eigenvalue weighted by Crippen LogP contribution is -2.46. The largest absolute Gasteiger partial charge is 0.391 e. The van der Waals surface area contributed by atoms with E-state index in [0.717, 1.165) is 11.2 Å². The molecule has 0 saturated heterocycles. The molecule has 0 unspecified atom stereocenters. The Balaban J connectivity index is 1.18. The molecule has 10 nitrogen and oxygen atoms in total. The van der Waals surface area contributed by atoms with Crippen LogP contribution in [0.1, 0.15) is 30.7 Å². The highest BCUT2D eigenvalue weighted by Crippen LogP contribution is 2.30. The van der Waals surface area contributed by atoms with Crippen molar-refractivity contribution >= 4 is 46.0 Å². The van der Waals surface area contributed by atoms with E-state index in [1.54, 1.807) is 18.3 Å². The number of carbonyl (C=O) groups excluding carboxylic acids is 2. The molecule has 2 aliphatic rings. The molecule has 4 N–H and O–H groups in total. The number of thioether (sulfide) groups is 1. The Bertz CT molecular complexity index is 1250. The second-order valence-corrected chi connectivity index (χ2v) is 9.59. The number of hydrogen-bond donors (Lipinski definition) is 4. The molecule has 11 heteroatoms. The molecule has 4 heterocycles. The lowest BCUT2D eigenvalue weighted by Gasteiger charge is -2.33. The number of anilines is 2. The van der Waals surface area contributed by atoms with Gasteiger partial charge in [0.1, 0.15) is 10.5 Å². The van der Waals surface area contributed by atoms with Gasteiger partial charge in [0.25, 0.3) is 0 Å². The molecular weight excluding hydrogens is 454 g/mol. The van der Waals surface area contributed by atoms with E-state index in [1.165, 1.54) is 11.8 Å². The fraction of sp³-hybridized carbons (Fsp3) is 0.391. The number of rotatable bonds is 5. The summed E-state index contributed by atoms with van der Waals surface area (Å²) in [6.07, 6.45) is 2.65. The monoisotopic (exact) mass is 479 g/mol. The van der Waals surface area contributed by atoms with Crippen LogP contribution in [0.4, 0.5) is 11.4 Å². The molecule has 1 aliphatic heterocycles. The van der Waals surface area contributed by atoms with Crippen LogP contribution < -0.4 is 16.0 Å². The van der Waals surface area contributed by atoms with Crippen LogP contribution in [0.3, 0.4) is 0 Å². The average molecular weight is 480 g/mol. The van der Waals surface area contributed by atoms with Crippen LogP contribution >= 0.6 is 11.8 Å². The van der Waals surface area contributed by atoms with E-state index in [9.17, 15) is 14.7 Å². The molecule has 176 valence electrons. The van der Waals surface area contributed by atoms with Crippen molar-refractivity contribution in [2.75, 3.05) is 16.4 Å². The molecule has 3 aromatic rings. The van der Waals surface area contributed by atoms with Gasteiger partial charge in [-0.25, -0.2) is 4.98 Å². The van der Waals surface area contributed by atoms with Gasteiger partial charge in [0, 0.05) is 30.4 Å². The van der Waals surface area contributed by atoms with Crippen LogP contribution in [0.5, 0.6) is 0 Å². The number of hydrogen-bond acceptors (Lipinski definition) is 9. The third-order valence-electron chi connectivity index (χ3n) is 6.14. The molecule has 3 atom stereocenters. The maximum absolute atomic E-state index is 12.9. The summed E-state index contributed by atoms with van der Waals surface area (Å²) in [6, 6.07) is 7.16. The Labute approximate surface area is 200 Å². The zero-order chi connectivity index (χ0) is 23.7. The number of amides is 2. The second-order valence-electron chi connectivity index (χ2n) is 8.62. The topological polar surface area (TPSA) is 142 Å². The Kier molecular flexibility index (Phi) is 6.40. The van der Waals surface area contributed by atoms with Gasteiger partial charge in [-0.3, -0.25) is 14.6 Å². The van der Waals surface area contributed by atoms with Gasteiger partial charge in [-0.1, -0.05) is 11.8 Å². The standard InChI is InChI=1S/C23H25N7O3S/c1-12-2-4-16-21(26-12)17(6-7-24-16)28-22(33)13-3-5-15(19(31)8-13)25-10-14-9-18-23(30-29-14)34-11-20(32)27-18/h2,4,6-7,9,13,15,19,25,31H,3,5,8,10-11H2,1H3,(H,27,32)(H,24,28,33)/t13-,15-,19-/m0/s1. The predicted molar refractivity (Wildman–Crippen MR) is 128 cm³/mol. The summed E-state index contributed by atoms with van der Waals surface area (Å²) in [5.41, 5.74) is 4.21. The first-order valence-electron chi connectivity index (χ1n) is 11.2. The van der Waals surface area contributed by atoms with Gasteiger partial charge in [-0.15, -0.1) is 5.10 Å². The maximum atomic E-state index is 12.9. The fourth-order valence-corrected chi connectivity index (χ4v) is 5.04.